The Labute approximate surface area is 212 Å². The van der Waals surface area contributed by atoms with Gasteiger partial charge in [-0.2, -0.15) is 4.31 Å². The number of benzene rings is 1. The summed E-state index contributed by atoms with van der Waals surface area (Å²) in [6.07, 6.45) is 3.31. The first kappa shape index (κ1) is 27.2. The summed E-state index contributed by atoms with van der Waals surface area (Å²) in [7, 11) is -1.54. The maximum absolute atomic E-state index is 13.1. The Bertz CT molecular complexity index is 1290. The first-order valence-electron chi connectivity index (χ1n) is 11.8. The van der Waals surface area contributed by atoms with Crippen LogP contribution in [0.1, 0.15) is 58.9 Å². The Hall–Kier alpha value is -2.36. The van der Waals surface area contributed by atoms with Crippen LogP contribution in [0.5, 0.6) is 0 Å². The molecular weight excluding hydrogens is 488 g/mol. The molecule has 10 heteroatoms. The molecule has 1 aromatic heterocycles. The molecule has 1 aliphatic heterocycles. The molecule has 8 nitrogen and oxygen atoms in total. The van der Waals surface area contributed by atoms with Crippen molar-refractivity contribution in [2.75, 3.05) is 18.1 Å². The van der Waals surface area contributed by atoms with Gasteiger partial charge >= 0.3 is 0 Å². The van der Waals surface area contributed by atoms with E-state index in [2.05, 4.69) is 10.6 Å². The molecule has 2 aromatic rings. The van der Waals surface area contributed by atoms with Gasteiger partial charge in [0.05, 0.1) is 6.26 Å². The largest absolute Gasteiger partial charge is 0.382 e. The first-order valence-corrected chi connectivity index (χ1v) is 14.0. The van der Waals surface area contributed by atoms with Crippen LogP contribution in [0.3, 0.4) is 0 Å². The highest BCUT2D eigenvalue weighted by molar-refractivity contribution is 7.88. The van der Waals surface area contributed by atoms with Crippen molar-refractivity contribution in [3.05, 3.63) is 61.5 Å². The van der Waals surface area contributed by atoms with Gasteiger partial charge in [-0.1, -0.05) is 18.5 Å². The fourth-order valence-electron chi connectivity index (χ4n) is 4.76. The SMILES string of the molecule is CCC1CC(Nc2cc(Cl)cc(C(=O)NCc3c(C)cc(C)n(C)c3=O)c2C)CCN1S(C)(=O)=O. The molecular formula is C25H35ClN4O4S. The zero-order valence-electron chi connectivity index (χ0n) is 21.2. The predicted molar refractivity (Wildman–Crippen MR) is 141 cm³/mol. The number of nitrogens with zero attached hydrogens (tertiary/aromatic N) is 2. The highest BCUT2D eigenvalue weighted by Gasteiger charge is 2.33. The predicted octanol–water partition coefficient (Wildman–Crippen LogP) is 3.51. The third-order valence-electron chi connectivity index (χ3n) is 6.95. The van der Waals surface area contributed by atoms with Gasteiger partial charge < -0.3 is 15.2 Å². The summed E-state index contributed by atoms with van der Waals surface area (Å²) < 4.78 is 27.4. The molecule has 2 N–H and O–H groups in total. The van der Waals surface area contributed by atoms with E-state index in [0.29, 0.717) is 35.5 Å². The number of carbonyl (C=O) groups excluding carboxylic acids is 1. The summed E-state index contributed by atoms with van der Waals surface area (Å²) in [5.74, 6) is -0.312. The van der Waals surface area contributed by atoms with E-state index in [0.717, 1.165) is 28.9 Å². The summed E-state index contributed by atoms with van der Waals surface area (Å²) in [5, 5.41) is 6.78. The van der Waals surface area contributed by atoms with Crippen molar-refractivity contribution in [2.24, 2.45) is 7.05 Å². The summed E-state index contributed by atoms with van der Waals surface area (Å²) in [5.41, 5.74) is 4.05. The average Bonchev–Trinajstić information content (AvgIpc) is 2.78. The van der Waals surface area contributed by atoms with E-state index < -0.39 is 10.0 Å². The molecule has 1 aliphatic rings. The lowest BCUT2D eigenvalue weighted by molar-refractivity contribution is 0.0950. The molecule has 2 heterocycles. The number of sulfonamides is 1. The van der Waals surface area contributed by atoms with Crippen LogP contribution in [0, 0.1) is 20.8 Å². The number of anilines is 1. The Kier molecular flexibility index (Phi) is 8.34. The second-order valence-electron chi connectivity index (χ2n) is 9.42. The van der Waals surface area contributed by atoms with E-state index in [4.69, 9.17) is 11.6 Å². The normalized spacial score (nSPS) is 18.9. The van der Waals surface area contributed by atoms with Crippen LogP contribution < -0.4 is 16.2 Å². The Morgan fingerprint density at radius 3 is 2.51 bits per heavy atom. The van der Waals surface area contributed by atoms with Crippen molar-refractivity contribution in [3.8, 4) is 0 Å². The van der Waals surface area contributed by atoms with Crippen molar-refractivity contribution in [1.29, 1.82) is 0 Å². The second-order valence-corrected chi connectivity index (χ2v) is 11.8. The molecule has 1 aromatic carbocycles. The van der Waals surface area contributed by atoms with Gasteiger partial charge in [-0.3, -0.25) is 9.59 Å². The van der Waals surface area contributed by atoms with E-state index in [1.54, 1.807) is 28.1 Å². The molecule has 192 valence electrons. The van der Waals surface area contributed by atoms with Crippen molar-refractivity contribution in [2.45, 2.75) is 65.6 Å². The monoisotopic (exact) mass is 522 g/mol. The van der Waals surface area contributed by atoms with E-state index in [1.807, 2.05) is 33.8 Å². The highest BCUT2D eigenvalue weighted by atomic mass is 35.5. The number of halogens is 1. The van der Waals surface area contributed by atoms with Gasteiger partial charge in [0.25, 0.3) is 11.5 Å². The maximum Gasteiger partial charge on any atom is 0.255 e. The maximum atomic E-state index is 13.1. The summed E-state index contributed by atoms with van der Waals surface area (Å²) in [6.45, 7) is 8.14. The molecule has 0 spiro atoms. The van der Waals surface area contributed by atoms with E-state index in [-0.39, 0.29) is 30.1 Å². The molecule has 35 heavy (non-hydrogen) atoms. The van der Waals surface area contributed by atoms with Crippen LogP contribution in [0.15, 0.2) is 23.0 Å². The zero-order valence-corrected chi connectivity index (χ0v) is 22.8. The molecule has 0 saturated carbocycles. The first-order chi connectivity index (χ1) is 16.3. The van der Waals surface area contributed by atoms with Gasteiger partial charge in [-0.05, 0) is 69.4 Å². The van der Waals surface area contributed by atoms with Crippen molar-refractivity contribution >= 4 is 33.2 Å². The minimum Gasteiger partial charge on any atom is -0.382 e. The lowest BCUT2D eigenvalue weighted by atomic mass is 9.96. The number of pyridine rings is 1. The fourth-order valence-corrected chi connectivity index (χ4v) is 6.19. The standard InChI is InChI=1S/C25H35ClN4O4S/c1-7-20-13-19(8-9-30(20)35(6,33)34)28-23-12-18(26)11-21(17(23)4)24(31)27-14-22-15(2)10-16(3)29(5)25(22)32/h10-12,19-20,28H,7-9,13-14H2,1-6H3,(H,27,31). The third-order valence-corrected chi connectivity index (χ3v) is 8.51. The number of piperidine rings is 1. The van der Waals surface area contributed by atoms with Crippen LogP contribution >= 0.6 is 11.6 Å². The number of aryl methyl sites for hydroxylation is 2. The molecule has 2 atom stereocenters. The van der Waals surface area contributed by atoms with Gasteiger partial charge in [0.1, 0.15) is 0 Å². The second kappa shape index (κ2) is 10.7. The Morgan fingerprint density at radius 2 is 1.89 bits per heavy atom. The summed E-state index contributed by atoms with van der Waals surface area (Å²) in [4.78, 5) is 25.7. The topological polar surface area (TPSA) is 101 Å². The molecule has 0 aliphatic carbocycles. The zero-order chi connectivity index (χ0) is 26.1. The number of nitrogens with one attached hydrogen (secondary N) is 2. The number of rotatable bonds is 7. The van der Waals surface area contributed by atoms with Gasteiger partial charge in [-0.25, -0.2) is 8.42 Å². The van der Waals surface area contributed by atoms with Crippen LogP contribution in [0.2, 0.25) is 5.02 Å². The summed E-state index contributed by atoms with van der Waals surface area (Å²) in [6, 6.07) is 5.33. The van der Waals surface area contributed by atoms with Crippen LogP contribution in [-0.4, -0.2) is 48.1 Å². The number of amides is 1. The smallest absolute Gasteiger partial charge is 0.255 e. The van der Waals surface area contributed by atoms with Crippen LogP contribution in [0.25, 0.3) is 0 Å². The molecule has 3 rings (SSSR count). The minimum atomic E-state index is -3.25. The molecule has 0 bridgehead atoms. The fraction of sp³-hybridized carbons (Fsp3) is 0.520. The molecule has 0 radical (unpaired) electrons. The quantitative estimate of drug-likeness (QED) is 0.579. The Balaban J connectivity index is 1.78. The molecule has 1 fully saturated rings. The third kappa shape index (κ3) is 6.08. The van der Waals surface area contributed by atoms with Crippen LogP contribution in [-0.2, 0) is 23.6 Å². The van der Waals surface area contributed by atoms with Crippen LogP contribution in [0.4, 0.5) is 5.69 Å². The Morgan fingerprint density at radius 1 is 1.20 bits per heavy atom. The van der Waals surface area contributed by atoms with Crippen molar-refractivity contribution in [1.82, 2.24) is 14.2 Å². The number of hydrogen-bond donors (Lipinski definition) is 2. The number of hydrogen-bond acceptors (Lipinski definition) is 5. The van der Waals surface area contributed by atoms with Crippen molar-refractivity contribution < 1.29 is 13.2 Å². The molecule has 1 saturated heterocycles. The van der Waals surface area contributed by atoms with Crippen molar-refractivity contribution in [3.63, 3.8) is 0 Å². The highest BCUT2D eigenvalue weighted by Crippen LogP contribution is 2.29. The summed E-state index contributed by atoms with van der Waals surface area (Å²) >= 11 is 6.37. The van der Waals surface area contributed by atoms with E-state index in [1.165, 1.54) is 6.26 Å². The van der Waals surface area contributed by atoms with Gasteiger partial charge in [0.15, 0.2) is 0 Å². The van der Waals surface area contributed by atoms with Gasteiger partial charge in [0, 0.05) is 59.8 Å². The van der Waals surface area contributed by atoms with E-state index >= 15 is 0 Å². The van der Waals surface area contributed by atoms with Gasteiger partial charge in [0.2, 0.25) is 10.0 Å². The number of aromatic nitrogens is 1. The van der Waals surface area contributed by atoms with Gasteiger partial charge in [-0.15, -0.1) is 0 Å². The number of carbonyl (C=O) groups is 1. The van der Waals surface area contributed by atoms with E-state index in [9.17, 15) is 18.0 Å². The lowest BCUT2D eigenvalue weighted by Gasteiger charge is -2.38. The molecule has 2 unspecified atom stereocenters. The average molecular weight is 523 g/mol. The minimum absolute atomic E-state index is 0.0595. The lowest BCUT2D eigenvalue weighted by Crippen LogP contribution is -2.48. The molecule has 1 amide bonds.